The average Bonchev–Trinajstić information content (AvgIpc) is 2.07. The molecular formula is C9H9NaO2. The van der Waals surface area contributed by atoms with Crippen molar-refractivity contribution in [3.8, 4) is 0 Å². The molecule has 1 aromatic rings. The maximum atomic E-state index is 11.0. The van der Waals surface area contributed by atoms with Crippen LogP contribution in [0.4, 0.5) is 0 Å². The minimum absolute atomic E-state index is 0. The fourth-order valence-corrected chi connectivity index (χ4v) is 0.766. The standard InChI is InChI=1S/C9H8O2.Na.H/c10-7-6-9(11)8-4-2-1-3-5-8;;/h1-7,10H;;. The van der Waals surface area contributed by atoms with Crippen molar-refractivity contribution in [2.75, 3.05) is 0 Å². The Morgan fingerprint density at radius 2 is 1.83 bits per heavy atom. The Kier molecular flexibility index (Phi) is 5.72. The molecule has 1 N–H and O–H groups in total. The number of aliphatic hydroxyl groups excluding tert-OH is 1. The summed E-state index contributed by atoms with van der Waals surface area (Å²) in [6.45, 7) is 0. The van der Waals surface area contributed by atoms with Crippen molar-refractivity contribution in [3.63, 3.8) is 0 Å². The summed E-state index contributed by atoms with van der Waals surface area (Å²) in [6, 6.07) is 8.78. The number of carbonyl (C=O) groups excluding carboxylic acids is 1. The van der Waals surface area contributed by atoms with E-state index in [1.807, 2.05) is 6.07 Å². The van der Waals surface area contributed by atoms with Crippen molar-refractivity contribution in [2.24, 2.45) is 0 Å². The van der Waals surface area contributed by atoms with E-state index in [0.29, 0.717) is 5.56 Å². The molecule has 0 aliphatic heterocycles. The Morgan fingerprint density at radius 1 is 1.25 bits per heavy atom. The number of carbonyl (C=O) groups is 1. The van der Waals surface area contributed by atoms with Gasteiger partial charge in [-0.05, 0) is 0 Å². The third-order valence-corrected chi connectivity index (χ3v) is 1.28. The van der Waals surface area contributed by atoms with Crippen LogP contribution in [-0.4, -0.2) is 40.4 Å². The van der Waals surface area contributed by atoms with Crippen LogP contribution in [0, 0.1) is 0 Å². The van der Waals surface area contributed by atoms with E-state index < -0.39 is 0 Å². The van der Waals surface area contributed by atoms with E-state index in [1.165, 1.54) is 0 Å². The quantitative estimate of drug-likeness (QED) is 0.316. The van der Waals surface area contributed by atoms with Crippen molar-refractivity contribution in [1.29, 1.82) is 0 Å². The van der Waals surface area contributed by atoms with Gasteiger partial charge in [0, 0.05) is 11.6 Å². The van der Waals surface area contributed by atoms with Gasteiger partial charge in [0.2, 0.25) is 0 Å². The molecule has 0 amide bonds. The van der Waals surface area contributed by atoms with Crippen LogP contribution >= 0.6 is 0 Å². The fraction of sp³-hybridized carbons (Fsp3) is 0. The summed E-state index contributed by atoms with van der Waals surface area (Å²) in [5.41, 5.74) is 0.581. The maximum absolute atomic E-state index is 11.0. The van der Waals surface area contributed by atoms with Crippen LogP contribution in [-0.2, 0) is 0 Å². The first-order chi connectivity index (χ1) is 5.34. The number of hydrogen-bond acceptors (Lipinski definition) is 2. The molecule has 2 nitrogen and oxygen atoms in total. The number of aliphatic hydroxyl groups is 1. The molecule has 0 aliphatic carbocycles. The SMILES string of the molecule is O=C(C=CO)c1ccccc1.[NaH]. The zero-order valence-corrected chi connectivity index (χ0v) is 5.90. The molecule has 0 aliphatic rings. The minimum atomic E-state index is -0.187. The van der Waals surface area contributed by atoms with E-state index in [9.17, 15) is 4.79 Å². The second-order valence-corrected chi connectivity index (χ2v) is 2.05. The van der Waals surface area contributed by atoms with E-state index in [4.69, 9.17) is 5.11 Å². The van der Waals surface area contributed by atoms with Gasteiger partial charge in [0.1, 0.15) is 0 Å². The van der Waals surface area contributed by atoms with Crippen molar-refractivity contribution in [3.05, 3.63) is 48.2 Å². The molecule has 3 heteroatoms. The van der Waals surface area contributed by atoms with Crippen LogP contribution in [0.5, 0.6) is 0 Å². The summed E-state index contributed by atoms with van der Waals surface area (Å²) in [4.78, 5) is 11.0. The Bertz CT molecular complexity index is 267. The van der Waals surface area contributed by atoms with Gasteiger partial charge in [-0.25, -0.2) is 0 Å². The summed E-state index contributed by atoms with van der Waals surface area (Å²) in [5.74, 6) is -0.187. The molecule has 0 aromatic heterocycles. The van der Waals surface area contributed by atoms with Gasteiger partial charge in [-0.1, -0.05) is 30.3 Å². The van der Waals surface area contributed by atoms with Gasteiger partial charge in [-0.3, -0.25) is 4.79 Å². The fourth-order valence-electron chi connectivity index (χ4n) is 0.766. The Labute approximate surface area is 93.2 Å². The molecule has 0 spiro atoms. The van der Waals surface area contributed by atoms with Gasteiger partial charge >= 0.3 is 29.6 Å². The Balaban J connectivity index is 0.00000121. The van der Waals surface area contributed by atoms with Crippen molar-refractivity contribution in [2.45, 2.75) is 0 Å². The molecule has 0 heterocycles. The first kappa shape index (κ1) is 11.4. The van der Waals surface area contributed by atoms with Gasteiger partial charge in [0.15, 0.2) is 5.78 Å². The number of ketones is 1. The molecule has 0 radical (unpaired) electrons. The van der Waals surface area contributed by atoms with Crippen LogP contribution in [0.15, 0.2) is 42.7 Å². The normalized spacial score (nSPS) is 9.33. The van der Waals surface area contributed by atoms with E-state index >= 15 is 0 Å². The molecule has 0 saturated carbocycles. The summed E-state index contributed by atoms with van der Waals surface area (Å²) in [6.07, 6.45) is 1.87. The summed E-state index contributed by atoms with van der Waals surface area (Å²) < 4.78 is 0. The number of benzene rings is 1. The topological polar surface area (TPSA) is 37.3 Å². The zero-order valence-electron chi connectivity index (χ0n) is 5.90. The molecule has 0 unspecified atom stereocenters. The van der Waals surface area contributed by atoms with Crippen molar-refractivity contribution >= 4 is 35.3 Å². The van der Waals surface area contributed by atoms with E-state index in [0.717, 1.165) is 12.3 Å². The molecule has 0 saturated heterocycles. The molecule has 1 aromatic carbocycles. The van der Waals surface area contributed by atoms with Crippen LogP contribution in [0.25, 0.3) is 0 Å². The van der Waals surface area contributed by atoms with Crippen LogP contribution in [0.3, 0.4) is 0 Å². The third-order valence-electron chi connectivity index (χ3n) is 1.28. The van der Waals surface area contributed by atoms with Crippen molar-refractivity contribution in [1.82, 2.24) is 0 Å². The predicted octanol–water partition coefficient (Wildman–Crippen LogP) is 1.29. The van der Waals surface area contributed by atoms with Crippen LogP contribution in [0.2, 0.25) is 0 Å². The van der Waals surface area contributed by atoms with E-state index in [-0.39, 0.29) is 35.3 Å². The second kappa shape index (κ2) is 6.00. The predicted molar refractivity (Wildman–Crippen MR) is 49.7 cm³/mol. The third kappa shape index (κ3) is 3.22. The molecular weight excluding hydrogens is 163 g/mol. The molecule has 0 atom stereocenters. The summed E-state index contributed by atoms with van der Waals surface area (Å²) in [7, 11) is 0. The van der Waals surface area contributed by atoms with Crippen LogP contribution in [0.1, 0.15) is 10.4 Å². The van der Waals surface area contributed by atoms with Gasteiger partial charge in [0.25, 0.3) is 0 Å². The number of rotatable bonds is 2. The molecule has 0 bridgehead atoms. The second-order valence-electron chi connectivity index (χ2n) is 2.05. The van der Waals surface area contributed by atoms with Gasteiger partial charge in [-0.2, -0.15) is 0 Å². The monoisotopic (exact) mass is 172 g/mol. The number of allylic oxidation sites excluding steroid dienone is 1. The average molecular weight is 172 g/mol. The summed E-state index contributed by atoms with van der Waals surface area (Å²) in [5, 5.41) is 8.30. The molecule has 0 fully saturated rings. The Morgan fingerprint density at radius 3 is 2.33 bits per heavy atom. The van der Waals surface area contributed by atoms with Gasteiger partial charge < -0.3 is 5.11 Å². The Hall–Kier alpha value is -0.570. The molecule has 1 rings (SSSR count). The zero-order chi connectivity index (χ0) is 8.10. The molecule has 58 valence electrons. The van der Waals surface area contributed by atoms with Gasteiger partial charge in [-0.15, -0.1) is 0 Å². The first-order valence-corrected chi connectivity index (χ1v) is 3.25. The number of hydrogen-bond donors (Lipinski definition) is 1. The van der Waals surface area contributed by atoms with Crippen molar-refractivity contribution < 1.29 is 9.90 Å². The van der Waals surface area contributed by atoms with E-state index in [1.54, 1.807) is 24.3 Å². The molecule has 12 heavy (non-hydrogen) atoms. The van der Waals surface area contributed by atoms with E-state index in [2.05, 4.69) is 0 Å². The van der Waals surface area contributed by atoms with Crippen LogP contribution < -0.4 is 0 Å². The van der Waals surface area contributed by atoms with Gasteiger partial charge in [0.05, 0.1) is 6.26 Å². The first-order valence-electron chi connectivity index (χ1n) is 3.25. The summed E-state index contributed by atoms with van der Waals surface area (Å²) >= 11 is 0.